The summed E-state index contributed by atoms with van der Waals surface area (Å²) < 4.78 is 26.1. The van der Waals surface area contributed by atoms with Crippen molar-refractivity contribution in [1.29, 1.82) is 0 Å². The molecule has 1 heterocycles. The second-order valence-electron chi connectivity index (χ2n) is 5.84. The van der Waals surface area contributed by atoms with E-state index < -0.39 is 11.6 Å². The molecule has 132 valence electrons. The number of pyridine rings is 1. The van der Waals surface area contributed by atoms with E-state index in [0.29, 0.717) is 17.2 Å². The van der Waals surface area contributed by atoms with Crippen LogP contribution in [0, 0.1) is 18.6 Å². The molecule has 0 saturated carbocycles. The van der Waals surface area contributed by atoms with Crippen molar-refractivity contribution >= 4 is 23.1 Å². The van der Waals surface area contributed by atoms with Crippen molar-refractivity contribution in [1.82, 2.24) is 4.98 Å². The molecule has 0 radical (unpaired) electrons. The minimum Gasteiger partial charge on any atom is -0.340 e. The van der Waals surface area contributed by atoms with Crippen molar-refractivity contribution in [2.45, 2.75) is 13.3 Å². The Kier molecular flexibility index (Phi) is 5.22. The van der Waals surface area contributed by atoms with E-state index in [2.05, 4.69) is 15.6 Å². The zero-order valence-electron chi connectivity index (χ0n) is 14.1. The van der Waals surface area contributed by atoms with Crippen molar-refractivity contribution < 1.29 is 13.6 Å². The first-order valence-electron chi connectivity index (χ1n) is 8.04. The van der Waals surface area contributed by atoms with Gasteiger partial charge < -0.3 is 10.6 Å². The number of carbonyl (C=O) groups is 1. The van der Waals surface area contributed by atoms with Gasteiger partial charge in [0.1, 0.15) is 5.82 Å². The average molecular weight is 353 g/mol. The SMILES string of the molecule is Cc1ccccc1CC(=O)Nc1ccc(Nc2ccc(F)c(F)c2)nc1. The van der Waals surface area contributed by atoms with E-state index in [1.165, 1.54) is 12.3 Å². The predicted molar refractivity (Wildman–Crippen MR) is 97.4 cm³/mol. The summed E-state index contributed by atoms with van der Waals surface area (Å²) in [5.41, 5.74) is 2.97. The molecule has 6 heteroatoms. The van der Waals surface area contributed by atoms with E-state index in [0.717, 1.165) is 23.3 Å². The number of hydrogen-bond donors (Lipinski definition) is 2. The Bertz CT molecular complexity index is 927. The van der Waals surface area contributed by atoms with Crippen molar-refractivity contribution in [2.75, 3.05) is 10.6 Å². The molecule has 0 saturated heterocycles. The number of anilines is 3. The summed E-state index contributed by atoms with van der Waals surface area (Å²) >= 11 is 0. The summed E-state index contributed by atoms with van der Waals surface area (Å²) in [4.78, 5) is 16.3. The lowest BCUT2D eigenvalue weighted by Gasteiger charge is -2.09. The highest BCUT2D eigenvalue weighted by Crippen LogP contribution is 2.19. The van der Waals surface area contributed by atoms with Gasteiger partial charge in [-0.2, -0.15) is 0 Å². The van der Waals surface area contributed by atoms with Crippen molar-refractivity contribution in [3.8, 4) is 0 Å². The average Bonchev–Trinajstić information content (AvgIpc) is 2.62. The van der Waals surface area contributed by atoms with Crippen LogP contribution >= 0.6 is 0 Å². The Balaban J connectivity index is 1.61. The lowest BCUT2D eigenvalue weighted by molar-refractivity contribution is -0.115. The highest BCUT2D eigenvalue weighted by molar-refractivity contribution is 5.92. The first kappa shape index (κ1) is 17.5. The maximum absolute atomic E-state index is 13.2. The van der Waals surface area contributed by atoms with Gasteiger partial charge in [0.2, 0.25) is 5.91 Å². The van der Waals surface area contributed by atoms with Gasteiger partial charge in [-0.25, -0.2) is 13.8 Å². The number of halogens is 2. The maximum Gasteiger partial charge on any atom is 0.228 e. The van der Waals surface area contributed by atoms with Crippen molar-refractivity contribution in [3.63, 3.8) is 0 Å². The van der Waals surface area contributed by atoms with Gasteiger partial charge in [0, 0.05) is 11.8 Å². The van der Waals surface area contributed by atoms with Gasteiger partial charge in [0.05, 0.1) is 18.3 Å². The molecule has 0 aliphatic rings. The van der Waals surface area contributed by atoms with Crippen LogP contribution in [-0.2, 0) is 11.2 Å². The van der Waals surface area contributed by atoms with Gasteiger partial charge in [0.25, 0.3) is 0 Å². The van der Waals surface area contributed by atoms with Crippen LogP contribution in [0.1, 0.15) is 11.1 Å². The Hall–Kier alpha value is -3.28. The van der Waals surface area contributed by atoms with E-state index in [4.69, 9.17) is 0 Å². The molecular formula is C20H17F2N3O. The third kappa shape index (κ3) is 4.42. The Morgan fingerprint density at radius 3 is 2.46 bits per heavy atom. The molecule has 0 aliphatic carbocycles. The molecule has 2 N–H and O–H groups in total. The Morgan fingerprint density at radius 1 is 1.00 bits per heavy atom. The minimum absolute atomic E-state index is 0.137. The molecule has 2 aromatic carbocycles. The third-order valence-electron chi connectivity index (χ3n) is 3.85. The number of aryl methyl sites for hydroxylation is 1. The number of nitrogens with one attached hydrogen (secondary N) is 2. The summed E-state index contributed by atoms with van der Waals surface area (Å²) in [5, 5.41) is 5.66. The van der Waals surface area contributed by atoms with E-state index in [-0.39, 0.29) is 12.3 Å². The second-order valence-corrected chi connectivity index (χ2v) is 5.84. The molecular weight excluding hydrogens is 336 g/mol. The van der Waals surface area contributed by atoms with Gasteiger partial charge in [0.15, 0.2) is 11.6 Å². The molecule has 3 rings (SSSR count). The highest BCUT2D eigenvalue weighted by atomic mass is 19.2. The smallest absolute Gasteiger partial charge is 0.228 e. The van der Waals surface area contributed by atoms with E-state index in [1.807, 2.05) is 31.2 Å². The van der Waals surface area contributed by atoms with Gasteiger partial charge in [-0.05, 0) is 42.3 Å². The molecule has 0 bridgehead atoms. The number of amides is 1. The lowest BCUT2D eigenvalue weighted by Crippen LogP contribution is -2.15. The largest absolute Gasteiger partial charge is 0.340 e. The molecule has 0 fully saturated rings. The van der Waals surface area contributed by atoms with Crippen LogP contribution in [0.15, 0.2) is 60.8 Å². The normalized spacial score (nSPS) is 10.4. The minimum atomic E-state index is -0.935. The van der Waals surface area contributed by atoms with Crippen LogP contribution in [0.4, 0.5) is 26.0 Å². The number of nitrogens with zero attached hydrogens (tertiary/aromatic N) is 1. The van der Waals surface area contributed by atoms with Gasteiger partial charge >= 0.3 is 0 Å². The van der Waals surface area contributed by atoms with E-state index in [9.17, 15) is 13.6 Å². The monoisotopic (exact) mass is 353 g/mol. The second kappa shape index (κ2) is 7.74. The van der Waals surface area contributed by atoms with Crippen LogP contribution in [0.2, 0.25) is 0 Å². The molecule has 0 unspecified atom stereocenters. The number of rotatable bonds is 5. The molecule has 0 atom stereocenters. The van der Waals surface area contributed by atoms with Crippen LogP contribution in [0.5, 0.6) is 0 Å². The third-order valence-corrected chi connectivity index (χ3v) is 3.85. The van der Waals surface area contributed by atoms with E-state index >= 15 is 0 Å². The Morgan fingerprint density at radius 2 is 1.77 bits per heavy atom. The number of benzene rings is 2. The first-order valence-corrected chi connectivity index (χ1v) is 8.04. The quantitative estimate of drug-likeness (QED) is 0.705. The Labute approximate surface area is 149 Å². The van der Waals surface area contributed by atoms with Crippen LogP contribution < -0.4 is 10.6 Å². The molecule has 1 aromatic heterocycles. The van der Waals surface area contributed by atoms with E-state index in [1.54, 1.807) is 12.1 Å². The topological polar surface area (TPSA) is 54.0 Å². The summed E-state index contributed by atoms with van der Waals surface area (Å²) in [5.74, 6) is -1.53. The fraction of sp³-hybridized carbons (Fsp3) is 0.100. The summed E-state index contributed by atoms with van der Waals surface area (Å²) in [6, 6.07) is 14.5. The zero-order chi connectivity index (χ0) is 18.5. The highest BCUT2D eigenvalue weighted by Gasteiger charge is 2.07. The maximum atomic E-state index is 13.2. The molecule has 0 spiro atoms. The lowest BCUT2D eigenvalue weighted by atomic mass is 10.1. The summed E-state index contributed by atoms with van der Waals surface area (Å²) in [6.07, 6.45) is 1.78. The van der Waals surface area contributed by atoms with Crippen LogP contribution in [0.25, 0.3) is 0 Å². The molecule has 3 aromatic rings. The summed E-state index contributed by atoms with van der Waals surface area (Å²) in [6.45, 7) is 1.96. The van der Waals surface area contributed by atoms with Crippen LogP contribution in [-0.4, -0.2) is 10.9 Å². The molecule has 4 nitrogen and oxygen atoms in total. The number of hydrogen-bond acceptors (Lipinski definition) is 3. The van der Waals surface area contributed by atoms with Crippen molar-refractivity contribution in [3.05, 3.63) is 83.6 Å². The molecule has 26 heavy (non-hydrogen) atoms. The van der Waals surface area contributed by atoms with Gasteiger partial charge in [-0.3, -0.25) is 4.79 Å². The van der Waals surface area contributed by atoms with Gasteiger partial charge in [-0.15, -0.1) is 0 Å². The zero-order valence-corrected chi connectivity index (χ0v) is 14.1. The van der Waals surface area contributed by atoms with Crippen molar-refractivity contribution in [2.24, 2.45) is 0 Å². The number of aromatic nitrogens is 1. The standard InChI is InChI=1S/C20H17F2N3O/c1-13-4-2-3-5-14(13)10-20(26)25-16-7-9-19(23-12-16)24-15-6-8-17(21)18(22)11-15/h2-9,11-12H,10H2,1H3,(H,23,24)(H,25,26). The number of carbonyl (C=O) groups excluding carboxylic acids is 1. The fourth-order valence-electron chi connectivity index (χ4n) is 2.45. The fourth-order valence-corrected chi connectivity index (χ4v) is 2.45. The molecule has 1 amide bonds. The van der Waals surface area contributed by atoms with Crippen LogP contribution in [0.3, 0.4) is 0 Å². The summed E-state index contributed by atoms with van der Waals surface area (Å²) in [7, 11) is 0. The van der Waals surface area contributed by atoms with Gasteiger partial charge in [-0.1, -0.05) is 24.3 Å². The first-order chi connectivity index (χ1) is 12.5. The molecule has 0 aliphatic heterocycles. The predicted octanol–water partition coefficient (Wildman–Crippen LogP) is 4.59.